The Kier molecular flexibility index (Phi) is 7.78. The predicted molar refractivity (Wildman–Crippen MR) is 140 cm³/mol. The predicted octanol–water partition coefficient (Wildman–Crippen LogP) is 5.53. The number of amides is 1. The lowest BCUT2D eigenvalue weighted by molar-refractivity contribution is -0.132. The Morgan fingerprint density at radius 3 is 2.16 bits per heavy atom. The van der Waals surface area contributed by atoms with Gasteiger partial charge in [-0.2, -0.15) is 0 Å². The van der Waals surface area contributed by atoms with Gasteiger partial charge in [0.2, 0.25) is 5.75 Å². The second kappa shape index (κ2) is 11.0. The maximum Gasteiger partial charge on any atom is 0.300 e. The number of ether oxygens (including phenoxy) is 4. The molecule has 10 heteroatoms. The minimum atomic E-state index is -1.15. The van der Waals surface area contributed by atoms with E-state index in [-0.39, 0.29) is 33.3 Å². The van der Waals surface area contributed by atoms with Crippen molar-refractivity contribution in [2.24, 2.45) is 0 Å². The number of nitrogens with zero attached hydrogens (tertiary/aromatic N) is 1. The highest BCUT2D eigenvalue weighted by molar-refractivity contribution is 6.52. The number of hydrogen-bond acceptors (Lipinski definition) is 7. The molecule has 0 aromatic heterocycles. The first-order valence-corrected chi connectivity index (χ1v) is 11.9. The second-order valence-electron chi connectivity index (χ2n) is 8.18. The summed E-state index contributed by atoms with van der Waals surface area (Å²) in [4.78, 5) is 28.0. The Morgan fingerprint density at radius 1 is 0.974 bits per heavy atom. The SMILES string of the molecule is CCOc1ccc(Cl)c(/C(O)=C2\C(=O)C(=O)N(c3ccc(F)cc3)C2c2cc(OC)c(OC)c(OC)c2)c1. The summed E-state index contributed by atoms with van der Waals surface area (Å²) >= 11 is 6.40. The summed E-state index contributed by atoms with van der Waals surface area (Å²) in [7, 11) is 4.30. The number of ketones is 1. The van der Waals surface area contributed by atoms with Crippen molar-refractivity contribution in [2.75, 3.05) is 32.8 Å². The van der Waals surface area contributed by atoms with Crippen molar-refractivity contribution in [1.82, 2.24) is 0 Å². The Balaban J connectivity index is 2.02. The molecule has 1 N–H and O–H groups in total. The average molecular weight is 542 g/mol. The van der Waals surface area contributed by atoms with Gasteiger partial charge in [-0.05, 0) is 67.1 Å². The van der Waals surface area contributed by atoms with Crippen LogP contribution in [0, 0.1) is 5.82 Å². The van der Waals surface area contributed by atoms with E-state index in [1.165, 1.54) is 62.6 Å². The van der Waals surface area contributed by atoms with Crippen LogP contribution in [0.5, 0.6) is 23.0 Å². The number of carbonyl (C=O) groups is 2. The summed E-state index contributed by atoms with van der Waals surface area (Å²) in [6.07, 6.45) is 0. The van der Waals surface area contributed by atoms with E-state index in [0.717, 1.165) is 0 Å². The van der Waals surface area contributed by atoms with E-state index in [1.807, 2.05) is 0 Å². The van der Waals surface area contributed by atoms with Gasteiger partial charge >= 0.3 is 0 Å². The van der Waals surface area contributed by atoms with Crippen LogP contribution in [0.25, 0.3) is 5.76 Å². The number of benzene rings is 3. The van der Waals surface area contributed by atoms with E-state index in [4.69, 9.17) is 30.5 Å². The van der Waals surface area contributed by atoms with Gasteiger partial charge in [0.25, 0.3) is 11.7 Å². The van der Waals surface area contributed by atoms with Crippen molar-refractivity contribution in [1.29, 1.82) is 0 Å². The van der Waals surface area contributed by atoms with Crippen LogP contribution >= 0.6 is 11.6 Å². The molecule has 3 aromatic carbocycles. The third-order valence-corrected chi connectivity index (χ3v) is 6.39. The van der Waals surface area contributed by atoms with Crippen LogP contribution in [0.3, 0.4) is 0 Å². The first-order valence-electron chi connectivity index (χ1n) is 11.5. The van der Waals surface area contributed by atoms with Crippen LogP contribution in [-0.2, 0) is 9.59 Å². The van der Waals surface area contributed by atoms with Crippen LogP contribution in [0.2, 0.25) is 5.02 Å². The van der Waals surface area contributed by atoms with Crippen molar-refractivity contribution in [3.05, 3.63) is 82.1 Å². The molecule has 8 nitrogen and oxygen atoms in total. The maximum atomic E-state index is 13.7. The summed E-state index contributed by atoms with van der Waals surface area (Å²) in [5.41, 5.74) is 0.471. The number of halogens is 2. The van der Waals surface area contributed by atoms with Crippen LogP contribution < -0.4 is 23.8 Å². The molecule has 1 atom stereocenters. The van der Waals surface area contributed by atoms with E-state index >= 15 is 0 Å². The first kappa shape index (κ1) is 26.8. The molecule has 0 bridgehead atoms. The van der Waals surface area contributed by atoms with Crippen LogP contribution in [0.15, 0.2) is 60.2 Å². The molecular formula is C28H25ClFNO7. The van der Waals surface area contributed by atoms with Crippen molar-refractivity contribution in [3.8, 4) is 23.0 Å². The molecule has 3 aromatic rings. The van der Waals surface area contributed by atoms with E-state index in [2.05, 4.69) is 0 Å². The molecule has 1 fully saturated rings. The molecule has 0 spiro atoms. The molecule has 4 rings (SSSR count). The van der Waals surface area contributed by atoms with Gasteiger partial charge in [0.05, 0.1) is 44.6 Å². The molecule has 1 unspecified atom stereocenters. The first-order chi connectivity index (χ1) is 18.2. The van der Waals surface area contributed by atoms with Crippen molar-refractivity contribution < 1.29 is 38.0 Å². The fourth-order valence-corrected chi connectivity index (χ4v) is 4.57. The third-order valence-electron chi connectivity index (χ3n) is 6.06. The number of rotatable bonds is 8. The maximum absolute atomic E-state index is 13.7. The molecular weight excluding hydrogens is 517 g/mol. The molecule has 0 radical (unpaired) electrons. The largest absolute Gasteiger partial charge is 0.507 e. The molecule has 0 saturated carbocycles. The average Bonchev–Trinajstić information content (AvgIpc) is 3.19. The van der Waals surface area contributed by atoms with E-state index in [9.17, 15) is 19.1 Å². The fraction of sp³-hybridized carbons (Fsp3) is 0.214. The highest BCUT2D eigenvalue weighted by Gasteiger charge is 2.47. The second-order valence-corrected chi connectivity index (χ2v) is 8.59. The van der Waals surface area contributed by atoms with Gasteiger partial charge in [-0.3, -0.25) is 14.5 Å². The third kappa shape index (κ3) is 4.72. The minimum absolute atomic E-state index is 0.104. The Hall–Kier alpha value is -4.24. The Labute approximate surface area is 223 Å². The summed E-state index contributed by atoms with van der Waals surface area (Å²) in [5, 5.41) is 11.6. The molecule has 38 heavy (non-hydrogen) atoms. The number of aliphatic hydroxyl groups is 1. The zero-order chi connectivity index (χ0) is 27.6. The van der Waals surface area contributed by atoms with Gasteiger partial charge in [0.1, 0.15) is 17.3 Å². The number of methoxy groups -OCH3 is 3. The van der Waals surface area contributed by atoms with E-state index < -0.39 is 29.3 Å². The van der Waals surface area contributed by atoms with Crippen LogP contribution in [0.4, 0.5) is 10.1 Å². The normalized spacial score (nSPS) is 16.5. The van der Waals surface area contributed by atoms with Crippen molar-refractivity contribution >= 4 is 34.7 Å². The topological polar surface area (TPSA) is 94.5 Å². The standard InChI is InChI=1S/C28H25ClFNO7/c1-5-38-18-10-11-20(29)19(14-18)25(32)23-24(15-12-21(35-2)27(37-4)22(13-15)36-3)31(28(34)26(23)33)17-8-6-16(30)7-9-17/h6-14,24,32H,5H2,1-4H3/b25-23+. The fourth-order valence-electron chi connectivity index (χ4n) is 4.36. The number of carbonyl (C=O) groups excluding carboxylic acids is 2. The summed E-state index contributed by atoms with van der Waals surface area (Å²) in [5.74, 6) is -1.66. The molecule has 1 heterocycles. The number of Topliss-reactive ketones (excluding diaryl/α,β-unsaturated/α-hetero) is 1. The highest BCUT2D eigenvalue weighted by Crippen LogP contribution is 2.47. The molecule has 1 aliphatic rings. The summed E-state index contributed by atoms with van der Waals surface area (Å²) in [6.45, 7) is 2.16. The van der Waals surface area contributed by atoms with Gasteiger partial charge in [-0.15, -0.1) is 0 Å². The number of aliphatic hydroxyl groups excluding tert-OH is 1. The molecule has 1 saturated heterocycles. The lowest BCUT2D eigenvalue weighted by Gasteiger charge is -2.26. The van der Waals surface area contributed by atoms with Gasteiger partial charge < -0.3 is 24.1 Å². The van der Waals surface area contributed by atoms with Crippen molar-refractivity contribution in [3.63, 3.8) is 0 Å². The monoisotopic (exact) mass is 541 g/mol. The lowest BCUT2D eigenvalue weighted by Crippen LogP contribution is -2.29. The smallest absolute Gasteiger partial charge is 0.300 e. The molecule has 198 valence electrons. The molecule has 0 aliphatic carbocycles. The number of anilines is 1. The minimum Gasteiger partial charge on any atom is -0.507 e. The van der Waals surface area contributed by atoms with Gasteiger partial charge in [0.15, 0.2) is 11.5 Å². The van der Waals surface area contributed by atoms with Crippen LogP contribution in [-0.4, -0.2) is 44.7 Å². The van der Waals surface area contributed by atoms with E-state index in [1.54, 1.807) is 25.1 Å². The van der Waals surface area contributed by atoms with Gasteiger partial charge in [-0.25, -0.2) is 4.39 Å². The lowest BCUT2D eigenvalue weighted by atomic mass is 9.94. The molecule has 1 amide bonds. The summed E-state index contributed by atoms with van der Waals surface area (Å²) < 4.78 is 35.6. The zero-order valence-corrected chi connectivity index (χ0v) is 21.8. The quantitative estimate of drug-likeness (QED) is 0.228. The zero-order valence-electron chi connectivity index (χ0n) is 21.1. The molecule has 1 aliphatic heterocycles. The number of hydrogen-bond donors (Lipinski definition) is 1. The van der Waals surface area contributed by atoms with Gasteiger partial charge in [0, 0.05) is 11.3 Å². The van der Waals surface area contributed by atoms with Crippen molar-refractivity contribution in [2.45, 2.75) is 13.0 Å². The van der Waals surface area contributed by atoms with Crippen LogP contribution in [0.1, 0.15) is 24.1 Å². The highest BCUT2D eigenvalue weighted by atomic mass is 35.5. The van der Waals surface area contributed by atoms with Gasteiger partial charge in [-0.1, -0.05) is 11.6 Å². The Bertz CT molecular complexity index is 1400. The summed E-state index contributed by atoms with van der Waals surface area (Å²) in [6, 6.07) is 11.7. The Morgan fingerprint density at radius 2 is 1.61 bits per heavy atom. The van der Waals surface area contributed by atoms with E-state index in [0.29, 0.717) is 23.7 Å².